The molecule has 0 saturated carbocycles. The minimum Gasteiger partial charge on any atom is -0.368 e. The van der Waals surface area contributed by atoms with Gasteiger partial charge in [-0.15, -0.1) is 0 Å². The van der Waals surface area contributed by atoms with Gasteiger partial charge in [-0.3, -0.25) is 9.38 Å². The molecule has 0 saturated heterocycles. The third-order valence-electron chi connectivity index (χ3n) is 3.89. The maximum Gasteiger partial charge on any atom is 0.220 e. The number of hydrogen-bond acceptors (Lipinski definition) is 5. The van der Waals surface area contributed by atoms with Gasteiger partial charge in [0, 0.05) is 18.1 Å². The summed E-state index contributed by atoms with van der Waals surface area (Å²) in [7, 11) is 0. The first-order chi connectivity index (χ1) is 11.6. The number of hydrogen-bond donors (Lipinski definition) is 1. The van der Waals surface area contributed by atoms with Crippen LogP contribution in [0.15, 0.2) is 48.8 Å². The SMILES string of the molecule is Cc1cccc(-c2nc3c(C)cccn3c2-c2ccnc(N)n2)n1. The van der Waals surface area contributed by atoms with Crippen LogP contribution >= 0.6 is 0 Å². The average molecular weight is 316 g/mol. The van der Waals surface area contributed by atoms with Gasteiger partial charge in [-0.2, -0.15) is 0 Å². The molecule has 4 rings (SSSR count). The molecule has 118 valence electrons. The number of nitrogens with two attached hydrogens (primary N) is 1. The van der Waals surface area contributed by atoms with E-state index in [4.69, 9.17) is 10.7 Å². The smallest absolute Gasteiger partial charge is 0.220 e. The van der Waals surface area contributed by atoms with Crippen LogP contribution in [0.4, 0.5) is 5.95 Å². The highest BCUT2D eigenvalue weighted by atomic mass is 15.1. The van der Waals surface area contributed by atoms with Crippen LogP contribution < -0.4 is 5.73 Å². The molecule has 0 aliphatic carbocycles. The first-order valence-corrected chi connectivity index (χ1v) is 7.64. The lowest BCUT2D eigenvalue weighted by Crippen LogP contribution is -1.98. The van der Waals surface area contributed by atoms with Crippen LogP contribution in [0.25, 0.3) is 28.4 Å². The van der Waals surface area contributed by atoms with Crippen LogP contribution in [0.5, 0.6) is 0 Å². The number of aromatic nitrogens is 5. The summed E-state index contributed by atoms with van der Waals surface area (Å²) >= 11 is 0. The predicted molar refractivity (Wildman–Crippen MR) is 93.3 cm³/mol. The molecule has 6 nitrogen and oxygen atoms in total. The maximum atomic E-state index is 5.78. The summed E-state index contributed by atoms with van der Waals surface area (Å²) in [6, 6.07) is 11.8. The first-order valence-electron chi connectivity index (χ1n) is 7.64. The fraction of sp³-hybridized carbons (Fsp3) is 0.111. The Morgan fingerprint density at radius 3 is 2.58 bits per heavy atom. The van der Waals surface area contributed by atoms with Crippen molar-refractivity contribution in [2.75, 3.05) is 5.73 Å². The Hall–Kier alpha value is -3.28. The van der Waals surface area contributed by atoms with Gasteiger partial charge in [0.15, 0.2) is 0 Å². The van der Waals surface area contributed by atoms with Crippen molar-refractivity contribution >= 4 is 11.6 Å². The topological polar surface area (TPSA) is 82.0 Å². The van der Waals surface area contributed by atoms with Gasteiger partial charge in [0.05, 0.1) is 11.4 Å². The summed E-state index contributed by atoms with van der Waals surface area (Å²) < 4.78 is 2.02. The van der Waals surface area contributed by atoms with E-state index in [1.54, 1.807) is 6.20 Å². The number of nitrogens with zero attached hydrogens (tertiary/aromatic N) is 5. The highest BCUT2D eigenvalue weighted by Gasteiger charge is 2.19. The lowest BCUT2D eigenvalue weighted by molar-refractivity contribution is 1.13. The van der Waals surface area contributed by atoms with Gasteiger partial charge < -0.3 is 5.73 Å². The Morgan fingerprint density at radius 1 is 0.917 bits per heavy atom. The van der Waals surface area contributed by atoms with E-state index >= 15 is 0 Å². The van der Waals surface area contributed by atoms with Crippen LogP contribution in [-0.2, 0) is 0 Å². The molecule has 0 fully saturated rings. The Morgan fingerprint density at radius 2 is 1.79 bits per heavy atom. The molecule has 0 atom stereocenters. The van der Waals surface area contributed by atoms with Crippen molar-refractivity contribution in [3.05, 3.63) is 60.0 Å². The van der Waals surface area contributed by atoms with Gasteiger partial charge in [-0.05, 0) is 43.7 Å². The molecule has 4 aromatic rings. The summed E-state index contributed by atoms with van der Waals surface area (Å²) in [6.07, 6.45) is 3.63. The van der Waals surface area contributed by atoms with Crippen LogP contribution in [0.3, 0.4) is 0 Å². The van der Waals surface area contributed by atoms with Crippen molar-refractivity contribution in [1.82, 2.24) is 24.3 Å². The van der Waals surface area contributed by atoms with E-state index in [9.17, 15) is 0 Å². The maximum absolute atomic E-state index is 5.78. The third kappa shape index (κ3) is 2.28. The summed E-state index contributed by atoms with van der Waals surface area (Å²) in [5.74, 6) is 0.234. The molecule has 0 aliphatic rings. The van der Waals surface area contributed by atoms with E-state index in [0.29, 0.717) is 0 Å². The monoisotopic (exact) mass is 316 g/mol. The van der Waals surface area contributed by atoms with Crippen molar-refractivity contribution in [3.63, 3.8) is 0 Å². The molecule has 2 N–H and O–H groups in total. The normalized spacial score (nSPS) is 11.1. The van der Waals surface area contributed by atoms with E-state index in [0.717, 1.165) is 39.7 Å². The molecule has 0 bridgehead atoms. The highest BCUT2D eigenvalue weighted by molar-refractivity contribution is 5.79. The second-order valence-electron chi connectivity index (χ2n) is 5.66. The fourth-order valence-corrected chi connectivity index (χ4v) is 2.81. The quantitative estimate of drug-likeness (QED) is 0.614. The van der Waals surface area contributed by atoms with Crippen molar-refractivity contribution < 1.29 is 0 Å². The molecule has 6 heteroatoms. The summed E-state index contributed by atoms with van der Waals surface area (Å²) in [4.78, 5) is 17.8. The minimum absolute atomic E-state index is 0.234. The number of anilines is 1. The Kier molecular flexibility index (Phi) is 3.23. The van der Waals surface area contributed by atoms with Gasteiger partial charge in [-0.25, -0.2) is 15.0 Å². The van der Waals surface area contributed by atoms with Gasteiger partial charge in [-0.1, -0.05) is 12.1 Å². The molecular weight excluding hydrogens is 300 g/mol. The first kappa shape index (κ1) is 14.3. The van der Waals surface area contributed by atoms with Gasteiger partial charge >= 0.3 is 0 Å². The molecule has 0 radical (unpaired) electrons. The predicted octanol–water partition coefficient (Wildman–Crippen LogP) is 3.05. The number of aryl methyl sites for hydroxylation is 2. The molecule has 0 aliphatic heterocycles. The Labute approximate surface area is 139 Å². The second-order valence-corrected chi connectivity index (χ2v) is 5.66. The minimum atomic E-state index is 0.234. The van der Waals surface area contributed by atoms with Crippen molar-refractivity contribution in [2.24, 2.45) is 0 Å². The van der Waals surface area contributed by atoms with E-state index in [2.05, 4.69) is 15.0 Å². The largest absolute Gasteiger partial charge is 0.368 e. The lowest BCUT2D eigenvalue weighted by atomic mass is 10.1. The number of pyridine rings is 2. The molecule has 0 spiro atoms. The fourth-order valence-electron chi connectivity index (χ4n) is 2.81. The van der Waals surface area contributed by atoms with E-state index in [1.165, 1.54) is 0 Å². The summed E-state index contributed by atoms with van der Waals surface area (Å²) in [5, 5.41) is 0. The molecule has 24 heavy (non-hydrogen) atoms. The Bertz CT molecular complexity index is 1050. The number of nitrogen functional groups attached to an aromatic ring is 1. The van der Waals surface area contributed by atoms with Crippen LogP contribution in [0, 0.1) is 13.8 Å². The van der Waals surface area contributed by atoms with Crippen molar-refractivity contribution in [3.8, 4) is 22.8 Å². The molecular formula is C18H16N6. The molecule has 4 aromatic heterocycles. The van der Waals surface area contributed by atoms with Crippen LogP contribution in [0.2, 0.25) is 0 Å². The Balaban J connectivity index is 2.09. The van der Waals surface area contributed by atoms with Crippen LogP contribution in [0.1, 0.15) is 11.3 Å². The standard InChI is InChI=1S/C18H16N6/c1-11-5-4-10-24-16(14-8-9-20-18(19)22-14)15(23-17(11)24)13-7-3-6-12(2)21-13/h3-10H,1-2H3,(H2,19,20,22). The lowest BCUT2D eigenvalue weighted by Gasteiger charge is -2.06. The zero-order valence-corrected chi connectivity index (χ0v) is 13.4. The summed E-state index contributed by atoms with van der Waals surface area (Å²) in [5.41, 5.74) is 11.9. The highest BCUT2D eigenvalue weighted by Crippen LogP contribution is 2.31. The van der Waals surface area contributed by atoms with Crippen molar-refractivity contribution in [2.45, 2.75) is 13.8 Å². The second kappa shape index (κ2) is 5.42. The van der Waals surface area contributed by atoms with Crippen LogP contribution in [-0.4, -0.2) is 24.3 Å². The van der Waals surface area contributed by atoms with E-state index in [1.807, 2.05) is 60.8 Å². The molecule has 0 aromatic carbocycles. The van der Waals surface area contributed by atoms with Crippen molar-refractivity contribution in [1.29, 1.82) is 0 Å². The zero-order valence-electron chi connectivity index (χ0n) is 13.4. The van der Waals surface area contributed by atoms with Gasteiger partial charge in [0.1, 0.15) is 17.0 Å². The van der Waals surface area contributed by atoms with E-state index in [-0.39, 0.29) is 5.95 Å². The van der Waals surface area contributed by atoms with E-state index < -0.39 is 0 Å². The number of imidazole rings is 1. The number of rotatable bonds is 2. The molecule has 4 heterocycles. The average Bonchev–Trinajstić information content (AvgIpc) is 2.96. The van der Waals surface area contributed by atoms with Gasteiger partial charge in [0.25, 0.3) is 0 Å². The van der Waals surface area contributed by atoms with Gasteiger partial charge in [0.2, 0.25) is 5.95 Å². The molecule has 0 unspecified atom stereocenters. The number of fused-ring (bicyclic) bond motifs is 1. The zero-order chi connectivity index (χ0) is 16.7. The molecule has 0 amide bonds. The summed E-state index contributed by atoms with van der Waals surface area (Å²) in [6.45, 7) is 4.00. The third-order valence-corrected chi connectivity index (χ3v) is 3.89.